The van der Waals surface area contributed by atoms with Crippen molar-refractivity contribution >= 4 is 0 Å². The Morgan fingerprint density at radius 2 is 2.08 bits per heavy atom. The van der Waals surface area contributed by atoms with Crippen molar-refractivity contribution in [2.24, 2.45) is 5.73 Å². The molecule has 0 aliphatic rings. The van der Waals surface area contributed by atoms with Gasteiger partial charge in [0.1, 0.15) is 5.82 Å². The molecule has 1 aromatic rings. The van der Waals surface area contributed by atoms with Gasteiger partial charge in [0.2, 0.25) is 0 Å². The molecule has 0 unspecified atom stereocenters. The Bertz CT molecular complexity index is 263. The molecule has 1 rings (SSSR count). The Labute approximate surface area is 73.6 Å². The van der Waals surface area contributed by atoms with Crippen LogP contribution < -0.4 is 5.73 Å². The smallest absolute Gasteiger partial charge is 0.108 e. The Morgan fingerprint density at radius 3 is 2.58 bits per heavy atom. The van der Waals surface area contributed by atoms with Crippen LogP contribution in [0.25, 0.3) is 0 Å². The van der Waals surface area contributed by atoms with E-state index in [1.165, 1.54) is 5.69 Å². The molecule has 0 aromatic carbocycles. The van der Waals surface area contributed by atoms with E-state index in [0.717, 1.165) is 24.5 Å². The fourth-order valence-corrected chi connectivity index (χ4v) is 1.42. The Hall–Kier alpha value is -0.830. The minimum atomic E-state index is 0.684. The topological polar surface area (TPSA) is 43.8 Å². The standard InChI is InChI=1S/C9H17N3/c1-4-9-11-7(2)8(3)12(9)6-5-10/h4-6,10H2,1-3H3. The summed E-state index contributed by atoms with van der Waals surface area (Å²) in [7, 11) is 0. The highest BCUT2D eigenvalue weighted by Crippen LogP contribution is 2.09. The average molecular weight is 167 g/mol. The summed E-state index contributed by atoms with van der Waals surface area (Å²) < 4.78 is 2.20. The van der Waals surface area contributed by atoms with Gasteiger partial charge in [-0.2, -0.15) is 0 Å². The number of aryl methyl sites for hydroxylation is 2. The second-order valence-electron chi connectivity index (χ2n) is 2.99. The second-order valence-corrected chi connectivity index (χ2v) is 2.99. The van der Waals surface area contributed by atoms with E-state index in [1.54, 1.807) is 0 Å². The Morgan fingerprint density at radius 1 is 1.42 bits per heavy atom. The number of hydrogen-bond acceptors (Lipinski definition) is 2. The molecule has 0 aliphatic heterocycles. The molecule has 68 valence electrons. The lowest BCUT2D eigenvalue weighted by Crippen LogP contribution is -2.13. The molecule has 0 bridgehead atoms. The molecule has 12 heavy (non-hydrogen) atoms. The Balaban J connectivity index is 3.03. The Kier molecular flexibility index (Phi) is 2.87. The maximum Gasteiger partial charge on any atom is 0.108 e. The average Bonchev–Trinajstić information content (AvgIpc) is 2.33. The molecule has 0 saturated heterocycles. The van der Waals surface area contributed by atoms with Crippen LogP contribution in [0.4, 0.5) is 0 Å². The zero-order valence-electron chi connectivity index (χ0n) is 8.09. The lowest BCUT2D eigenvalue weighted by atomic mass is 10.4. The van der Waals surface area contributed by atoms with Gasteiger partial charge in [0.25, 0.3) is 0 Å². The third kappa shape index (κ3) is 1.50. The predicted octanol–water partition coefficient (Wildman–Crippen LogP) is 1.02. The predicted molar refractivity (Wildman–Crippen MR) is 50.1 cm³/mol. The van der Waals surface area contributed by atoms with E-state index in [1.807, 2.05) is 6.92 Å². The van der Waals surface area contributed by atoms with Gasteiger partial charge in [0.05, 0.1) is 5.69 Å². The van der Waals surface area contributed by atoms with Crippen LogP contribution in [0, 0.1) is 13.8 Å². The largest absolute Gasteiger partial charge is 0.331 e. The maximum atomic E-state index is 5.51. The van der Waals surface area contributed by atoms with Gasteiger partial charge in [-0.15, -0.1) is 0 Å². The van der Waals surface area contributed by atoms with Crippen molar-refractivity contribution in [3.63, 3.8) is 0 Å². The van der Waals surface area contributed by atoms with Crippen LogP contribution >= 0.6 is 0 Å². The minimum Gasteiger partial charge on any atom is -0.331 e. The van der Waals surface area contributed by atoms with E-state index < -0.39 is 0 Å². The van der Waals surface area contributed by atoms with Crippen LogP contribution in [0.2, 0.25) is 0 Å². The highest BCUT2D eigenvalue weighted by Gasteiger charge is 2.07. The van der Waals surface area contributed by atoms with E-state index in [4.69, 9.17) is 5.73 Å². The van der Waals surface area contributed by atoms with Gasteiger partial charge in [-0.3, -0.25) is 0 Å². The van der Waals surface area contributed by atoms with Crippen molar-refractivity contribution in [3.8, 4) is 0 Å². The van der Waals surface area contributed by atoms with E-state index >= 15 is 0 Å². The summed E-state index contributed by atoms with van der Waals surface area (Å²) in [6, 6.07) is 0. The lowest BCUT2D eigenvalue weighted by Gasteiger charge is -2.06. The van der Waals surface area contributed by atoms with Crippen molar-refractivity contribution in [2.45, 2.75) is 33.7 Å². The minimum absolute atomic E-state index is 0.684. The first-order chi connectivity index (χ1) is 5.70. The van der Waals surface area contributed by atoms with Crippen LogP contribution in [0.5, 0.6) is 0 Å². The first kappa shape index (κ1) is 9.26. The molecule has 0 amide bonds. The van der Waals surface area contributed by atoms with Crippen molar-refractivity contribution in [1.29, 1.82) is 0 Å². The van der Waals surface area contributed by atoms with Crippen LogP contribution in [0.15, 0.2) is 0 Å². The van der Waals surface area contributed by atoms with Crippen molar-refractivity contribution < 1.29 is 0 Å². The SMILES string of the molecule is CCc1nc(C)c(C)n1CCN. The van der Waals surface area contributed by atoms with Crippen LogP contribution in [0.3, 0.4) is 0 Å². The number of imidazole rings is 1. The number of hydrogen-bond donors (Lipinski definition) is 1. The van der Waals surface area contributed by atoms with Crippen LogP contribution in [-0.4, -0.2) is 16.1 Å². The molecule has 0 spiro atoms. The summed E-state index contributed by atoms with van der Waals surface area (Å²) in [6.07, 6.45) is 0.981. The van der Waals surface area contributed by atoms with Crippen LogP contribution in [-0.2, 0) is 13.0 Å². The molecule has 3 heteroatoms. The molecular formula is C9H17N3. The van der Waals surface area contributed by atoms with E-state index in [-0.39, 0.29) is 0 Å². The van der Waals surface area contributed by atoms with Gasteiger partial charge in [0, 0.05) is 25.2 Å². The molecular weight excluding hydrogens is 150 g/mol. The van der Waals surface area contributed by atoms with Gasteiger partial charge in [-0.05, 0) is 13.8 Å². The van der Waals surface area contributed by atoms with Crippen LogP contribution in [0.1, 0.15) is 24.1 Å². The van der Waals surface area contributed by atoms with E-state index in [9.17, 15) is 0 Å². The molecule has 3 nitrogen and oxygen atoms in total. The molecule has 1 aromatic heterocycles. The number of nitrogens with two attached hydrogens (primary N) is 1. The highest BCUT2D eigenvalue weighted by atomic mass is 15.1. The molecule has 2 N–H and O–H groups in total. The molecule has 0 aliphatic carbocycles. The lowest BCUT2D eigenvalue weighted by molar-refractivity contribution is 0.650. The van der Waals surface area contributed by atoms with E-state index in [2.05, 4.69) is 23.4 Å². The van der Waals surface area contributed by atoms with Gasteiger partial charge in [-0.25, -0.2) is 4.98 Å². The quantitative estimate of drug-likeness (QED) is 0.730. The van der Waals surface area contributed by atoms with Gasteiger partial charge in [-0.1, -0.05) is 6.92 Å². The molecule has 0 atom stereocenters. The van der Waals surface area contributed by atoms with Crippen molar-refractivity contribution in [2.75, 3.05) is 6.54 Å². The van der Waals surface area contributed by atoms with Crippen molar-refractivity contribution in [1.82, 2.24) is 9.55 Å². The van der Waals surface area contributed by atoms with Gasteiger partial charge >= 0.3 is 0 Å². The fourth-order valence-electron chi connectivity index (χ4n) is 1.42. The molecule has 0 radical (unpaired) electrons. The highest BCUT2D eigenvalue weighted by molar-refractivity contribution is 5.14. The monoisotopic (exact) mass is 167 g/mol. The molecule has 0 saturated carbocycles. The first-order valence-corrected chi connectivity index (χ1v) is 4.43. The summed E-state index contributed by atoms with van der Waals surface area (Å²) in [5.41, 5.74) is 7.89. The number of rotatable bonds is 3. The molecule has 0 fully saturated rings. The zero-order valence-corrected chi connectivity index (χ0v) is 8.09. The third-order valence-electron chi connectivity index (χ3n) is 2.21. The van der Waals surface area contributed by atoms with Gasteiger partial charge < -0.3 is 10.3 Å². The van der Waals surface area contributed by atoms with Gasteiger partial charge in [0.15, 0.2) is 0 Å². The fraction of sp³-hybridized carbons (Fsp3) is 0.667. The maximum absolute atomic E-state index is 5.51. The summed E-state index contributed by atoms with van der Waals surface area (Å²) in [4.78, 5) is 4.45. The summed E-state index contributed by atoms with van der Waals surface area (Å²) in [5, 5.41) is 0. The summed E-state index contributed by atoms with van der Waals surface area (Å²) in [5.74, 6) is 1.15. The number of aromatic nitrogens is 2. The molecule has 1 heterocycles. The number of nitrogens with zero attached hydrogens (tertiary/aromatic N) is 2. The summed E-state index contributed by atoms with van der Waals surface area (Å²) >= 11 is 0. The first-order valence-electron chi connectivity index (χ1n) is 4.43. The van der Waals surface area contributed by atoms with Crippen molar-refractivity contribution in [3.05, 3.63) is 17.2 Å². The normalized spacial score (nSPS) is 10.7. The second kappa shape index (κ2) is 3.72. The van der Waals surface area contributed by atoms with E-state index in [0.29, 0.717) is 6.54 Å². The zero-order chi connectivity index (χ0) is 9.14. The third-order valence-corrected chi connectivity index (χ3v) is 2.21. The summed E-state index contributed by atoms with van der Waals surface area (Å²) in [6.45, 7) is 7.83.